The summed E-state index contributed by atoms with van der Waals surface area (Å²) >= 11 is 0. The molecule has 2 heterocycles. The number of hydrogen-bond acceptors (Lipinski definition) is 3. The van der Waals surface area contributed by atoms with Crippen molar-refractivity contribution in [2.24, 2.45) is 0 Å². The van der Waals surface area contributed by atoms with Crippen LogP contribution in [0, 0.1) is 17.1 Å². The van der Waals surface area contributed by atoms with Gasteiger partial charge < -0.3 is 9.88 Å². The molecule has 0 saturated carbocycles. The molecule has 0 radical (unpaired) electrons. The number of anilines is 1. The molecule has 3 aromatic rings. The normalized spacial score (nSPS) is 16.6. The zero-order chi connectivity index (χ0) is 18.1. The molecule has 5 heteroatoms. The van der Waals surface area contributed by atoms with Crippen LogP contribution in [0.4, 0.5) is 10.1 Å². The van der Waals surface area contributed by atoms with Crippen LogP contribution in [0.2, 0.25) is 0 Å². The van der Waals surface area contributed by atoms with E-state index in [4.69, 9.17) is 0 Å². The fourth-order valence-corrected chi connectivity index (χ4v) is 3.74. The molecule has 0 amide bonds. The van der Waals surface area contributed by atoms with Crippen molar-refractivity contribution in [1.29, 1.82) is 5.26 Å². The first-order chi connectivity index (χ1) is 12.7. The predicted octanol–water partition coefficient (Wildman–Crippen LogP) is 4.06. The second kappa shape index (κ2) is 6.81. The third-order valence-electron chi connectivity index (χ3n) is 5.28. The summed E-state index contributed by atoms with van der Waals surface area (Å²) in [4.78, 5) is 8.12. The van der Waals surface area contributed by atoms with Crippen molar-refractivity contribution in [2.75, 3.05) is 31.1 Å². The second-order valence-electron chi connectivity index (χ2n) is 6.78. The van der Waals surface area contributed by atoms with Gasteiger partial charge in [-0.05, 0) is 43.3 Å². The van der Waals surface area contributed by atoms with Gasteiger partial charge in [-0.25, -0.2) is 4.39 Å². The summed E-state index contributed by atoms with van der Waals surface area (Å²) < 4.78 is 13.4. The van der Waals surface area contributed by atoms with Crippen molar-refractivity contribution < 1.29 is 4.39 Å². The van der Waals surface area contributed by atoms with E-state index in [1.165, 1.54) is 6.07 Å². The molecule has 1 N–H and O–H groups in total. The number of halogens is 1. The third kappa shape index (κ3) is 3.04. The molecule has 1 saturated heterocycles. The zero-order valence-electron chi connectivity index (χ0n) is 14.7. The molecule has 1 unspecified atom stereocenters. The summed E-state index contributed by atoms with van der Waals surface area (Å²) in [5, 5.41) is 10.2. The van der Waals surface area contributed by atoms with Crippen LogP contribution in [0.3, 0.4) is 0 Å². The maximum atomic E-state index is 13.4. The predicted molar refractivity (Wildman–Crippen MR) is 102 cm³/mol. The Labute approximate surface area is 152 Å². The van der Waals surface area contributed by atoms with Gasteiger partial charge in [0.2, 0.25) is 0 Å². The SMILES string of the molecule is CC(c1cc2cc(F)ccc2[nH]1)N1CCN(c2ccccc2C#N)CC1. The van der Waals surface area contributed by atoms with Gasteiger partial charge in [0, 0.05) is 48.8 Å². The molecule has 0 bridgehead atoms. The number of rotatable bonds is 3. The summed E-state index contributed by atoms with van der Waals surface area (Å²) in [6.07, 6.45) is 0. The van der Waals surface area contributed by atoms with Gasteiger partial charge in [-0.15, -0.1) is 0 Å². The number of aromatic amines is 1. The number of H-pyrrole nitrogens is 1. The van der Waals surface area contributed by atoms with E-state index in [1.54, 1.807) is 12.1 Å². The molecular formula is C21H21FN4. The first-order valence-electron chi connectivity index (χ1n) is 8.92. The largest absolute Gasteiger partial charge is 0.368 e. The topological polar surface area (TPSA) is 46.1 Å². The fourth-order valence-electron chi connectivity index (χ4n) is 3.74. The summed E-state index contributed by atoms with van der Waals surface area (Å²) in [6, 6.07) is 17.2. The van der Waals surface area contributed by atoms with Gasteiger partial charge in [0.25, 0.3) is 0 Å². The lowest BCUT2D eigenvalue weighted by molar-refractivity contribution is 0.196. The third-order valence-corrected chi connectivity index (χ3v) is 5.28. The van der Waals surface area contributed by atoms with E-state index in [2.05, 4.69) is 27.8 Å². The second-order valence-corrected chi connectivity index (χ2v) is 6.78. The van der Waals surface area contributed by atoms with Crippen LogP contribution in [0.5, 0.6) is 0 Å². The van der Waals surface area contributed by atoms with E-state index in [-0.39, 0.29) is 11.9 Å². The Morgan fingerprint density at radius 1 is 1.08 bits per heavy atom. The van der Waals surface area contributed by atoms with Crippen molar-refractivity contribution in [2.45, 2.75) is 13.0 Å². The minimum atomic E-state index is -0.208. The maximum absolute atomic E-state index is 13.4. The maximum Gasteiger partial charge on any atom is 0.123 e. The highest BCUT2D eigenvalue weighted by atomic mass is 19.1. The van der Waals surface area contributed by atoms with Crippen LogP contribution < -0.4 is 4.90 Å². The van der Waals surface area contributed by atoms with E-state index in [9.17, 15) is 9.65 Å². The molecule has 0 aliphatic carbocycles. The Bertz CT molecular complexity index is 964. The molecule has 1 atom stereocenters. The first kappa shape index (κ1) is 16.6. The van der Waals surface area contributed by atoms with Gasteiger partial charge in [0.05, 0.1) is 11.3 Å². The number of nitrogens with one attached hydrogen (secondary N) is 1. The average molecular weight is 348 g/mol. The van der Waals surface area contributed by atoms with Crippen LogP contribution in [0.25, 0.3) is 10.9 Å². The number of para-hydroxylation sites is 1. The quantitative estimate of drug-likeness (QED) is 0.776. The van der Waals surface area contributed by atoms with Gasteiger partial charge in [0.15, 0.2) is 0 Å². The summed E-state index contributed by atoms with van der Waals surface area (Å²) in [7, 11) is 0. The lowest BCUT2D eigenvalue weighted by Gasteiger charge is -2.39. The Morgan fingerprint density at radius 3 is 2.62 bits per heavy atom. The van der Waals surface area contributed by atoms with E-state index >= 15 is 0 Å². The number of aromatic nitrogens is 1. The molecule has 1 aliphatic heterocycles. The van der Waals surface area contributed by atoms with Gasteiger partial charge in [-0.1, -0.05) is 12.1 Å². The molecule has 4 nitrogen and oxygen atoms in total. The van der Waals surface area contributed by atoms with Gasteiger partial charge in [-0.2, -0.15) is 5.26 Å². The smallest absolute Gasteiger partial charge is 0.123 e. The van der Waals surface area contributed by atoms with Crippen molar-refractivity contribution >= 4 is 16.6 Å². The van der Waals surface area contributed by atoms with Crippen LogP contribution in [0.15, 0.2) is 48.5 Å². The number of fused-ring (bicyclic) bond motifs is 1. The first-order valence-corrected chi connectivity index (χ1v) is 8.92. The van der Waals surface area contributed by atoms with E-state index in [0.29, 0.717) is 0 Å². The standard InChI is InChI=1S/C21H21FN4/c1-15(20-13-17-12-18(22)6-7-19(17)24-20)25-8-10-26(11-9-25)21-5-3-2-4-16(21)14-23/h2-7,12-13,15,24H,8-11H2,1H3. The average Bonchev–Trinajstić information content (AvgIpc) is 3.10. The van der Waals surface area contributed by atoms with Crippen molar-refractivity contribution in [3.8, 4) is 6.07 Å². The number of piperazine rings is 1. The molecular weight excluding hydrogens is 327 g/mol. The zero-order valence-corrected chi connectivity index (χ0v) is 14.7. The lowest BCUT2D eigenvalue weighted by Crippen LogP contribution is -2.47. The highest BCUT2D eigenvalue weighted by Gasteiger charge is 2.24. The molecule has 4 rings (SSSR count). The molecule has 26 heavy (non-hydrogen) atoms. The molecule has 132 valence electrons. The van der Waals surface area contributed by atoms with Crippen LogP contribution in [-0.2, 0) is 0 Å². The summed E-state index contributed by atoms with van der Waals surface area (Å²) in [6.45, 7) is 5.80. The summed E-state index contributed by atoms with van der Waals surface area (Å²) in [5.74, 6) is -0.208. The van der Waals surface area contributed by atoms with Gasteiger partial charge in [0.1, 0.15) is 11.9 Å². The van der Waals surface area contributed by atoms with Crippen molar-refractivity contribution in [3.05, 3.63) is 65.6 Å². The number of benzene rings is 2. The Balaban J connectivity index is 1.47. The minimum absolute atomic E-state index is 0.208. The van der Waals surface area contributed by atoms with Crippen LogP contribution in [-0.4, -0.2) is 36.1 Å². The van der Waals surface area contributed by atoms with E-state index < -0.39 is 0 Å². The molecule has 2 aromatic carbocycles. The van der Waals surface area contributed by atoms with Crippen molar-refractivity contribution in [3.63, 3.8) is 0 Å². The van der Waals surface area contributed by atoms with Gasteiger partial charge >= 0.3 is 0 Å². The number of nitriles is 1. The van der Waals surface area contributed by atoms with Crippen LogP contribution >= 0.6 is 0 Å². The highest BCUT2D eigenvalue weighted by Crippen LogP contribution is 2.27. The molecule has 1 aliphatic rings. The fraction of sp³-hybridized carbons (Fsp3) is 0.286. The monoisotopic (exact) mass is 348 g/mol. The van der Waals surface area contributed by atoms with E-state index in [0.717, 1.165) is 54.0 Å². The minimum Gasteiger partial charge on any atom is -0.368 e. The highest BCUT2D eigenvalue weighted by molar-refractivity contribution is 5.80. The molecule has 1 fully saturated rings. The number of nitrogens with zero attached hydrogens (tertiary/aromatic N) is 3. The Kier molecular flexibility index (Phi) is 4.36. The Hall–Kier alpha value is -2.84. The van der Waals surface area contributed by atoms with Gasteiger partial charge in [-0.3, -0.25) is 4.90 Å². The van der Waals surface area contributed by atoms with Crippen LogP contribution in [0.1, 0.15) is 24.2 Å². The molecule has 1 aromatic heterocycles. The van der Waals surface area contributed by atoms with E-state index in [1.807, 2.05) is 30.3 Å². The lowest BCUT2D eigenvalue weighted by atomic mass is 10.1. The molecule has 0 spiro atoms. The summed E-state index contributed by atoms with van der Waals surface area (Å²) in [5.41, 5.74) is 3.82. The Morgan fingerprint density at radius 2 is 1.85 bits per heavy atom. The number of hydrogen-bond donors (Lipinski definition) is 1. The van der Waals surface area contributed by atoms with Crippen molar-refractivity contribution in [1.82, 2.24) is 9.88 Å².